The molecule has 2 aromatic rings. The molecule has 3 N–H and O–H groups in total. The third kappa shape index (κ3) is 5.25. The fraction of sp³-hybridized carbons (Fsp3) is 0.350. The Morgan fingerprint density at radius 1 is 1.23 bits per heavy atom. The highest BCUT2D eigenvalue weighted by Gasteiger charge is 2.25. The maximum absolute atomic E-state index is 14.0. The fourth-order valence-electron chi connectivity index (χ4n) is 3.35. The summed E-state index contributed by atoms with van der Waals surface area (Å²) in [5.74, 6) is -0.612. The lowest BCUT2D eigenvalue weighted by atomic mass is 10.2. The number of rotatable bonds is 6. The van der Waals surface area contributed by atoms with Crippen LogP contribution in [0.5, 0.6) is 0 Å². The quantitative estimate of drug-likeness (QED) is 0.474. The molecule has 0 aliphatic carbocycles. The van der Waals surface area contributed by atoms with Crippen molar-refractivity contribution in [3.05, 3.63) is 59.7 Å². The Balaban J connectivity index is 1.57. The van der Waals surface area contributed by atoms with Gasteiger partial charge in [0.1, 0.15) is 11.6 Å². The topological polar surface area (TPSA) is 85.8 Å². The highest BCUT2D eigenvalue weighted by atomic mass is 32.2. The summed E-state index contributed by atoms with van der Waals surface area (Å²) in [7, 11) is -0.493. The van der Waals surface area contributed by atoms with Crippen molar-refractivity contribution >= 4 is 21.7 Å². The van der Waals surface area contributed by atoms with Crippen LogP contribution in [-0.4, -0.2) is 47.6 Å². The van der Waals surface area contributed by atoms with Crippen molar-refractivity contribution in [1.29, 1.82) is 0 Å². The zero-order valence-corrected chi connectivity index (χ0v) is 17.6. The number of nitrogens with zero attached hydrogens (tertiary/aromatic N) is 2. The highest BCUT2D eigenvalue weighted by Crippen LogP contribution is 2.24. The zero-order chi connectivity index (χ0) is 21.7. The molecule has 30 heavy (non-hydrogen) atoms. The second-order valence-electron chi connectivity index (χ2n) is 6.95. The molecule has 0 spiro atoms. The molecule has 0 radical (unpaired) electrons. The van der Waals surface area contributed by atoms with E-state index in [1.165, 1.54) is 25.2 Å². The number of hydrogen-bond acceptors (Lipinski definition) is 4. The number of sulfonamides is 1. The Labute approximate surface area is 175 Å². The molecular formula is C20H25F2N5O2S. The van der Waals surface area contributed by atoms with Crippen molar-refractivity contribution in [1.82, 2.24) is 15.4 Å². The number of guanidine groups is 1. The average molecular weight is 438 g/mol. The second-order valence-corrected chi connectivity index (χ2v) is 8.84. The summed E-state index contributed by atoms with van der Waals surface area (Å²) in [6, 6.07) is 10.3. The summed E-state index contributed by atoms with van der Waals surface area (Å²) < 4.78 is 53.3. The third-order valence-electron chi connectivity index (χ3n) is 4.94. The normalized spacial score (nSPS) is 17.3. The summed E-state index contributed by atoms with van der Waals surface area (Å²) in [4.78, 5) is 6.26. The summed E-state index contributed by atoms with van der Waals surface area (Å²) in [5.41, 5.74) is 1.17. The van der Waals surface area contributed by atoms with Crippen LogP contribution in [0.4, 0.5) is 14.5 Å². The first-order valence-electron chi connectivity index (χ1n) is 9.52. The van der Waals surface area contributed by atoms with E-state index in [9.17, 15) is 17.2 Å². The molecule has 3 rings (SSSR count). The number of aliphatic imine (C=N–C) groups is 1. The SMILES string of the molecule is CN=C(NCc1cccc(S(=O)(=O)NC)c1)NC1CCN(c2ccc(F)cc2F)C1. The van der Waals surface area contributed by atoms with Gasteiger partial charge in [-0.1, -0.05) is 12.1 Å². The number of hydrogen-bond donors (Lipinski definition) is 3. The first-order valence-corrected chi connectivity index (χ1v) is 11.0. The van der Waals surface area contributed by atoms with Gasteiger partial charge in [0.05, 0.1) is 10.6 Å². The molecule has 0 amide bonds. The third-order valence-corrected chi connectivity index (χ3v) is 6.35. The minimum Gasteiger partial charge on any atom is -0.367 e. The number of benzene rings is 2. The summed E-state index contributed by atoms with van der Waals surface area (Å²) in [5, 5.41) is 6.46. The molecule has 1 saturated heterocycles. The van der Waals surface area contributed by atoms with Crippen molar-refractivity contribution in [3.63, 3.8) is 0 Å². The monoisotopic (exact) mass is 437 g/mol. The molecule has 0 aromatic heterocycles. The molecule has 1 aliphatic heterocycles. The van der Waals surface area contributed by atoms with Crippen molar-refractivity contribution in [2.24, 2.45) is 4.99 Å². The van der Waals surface area contributed by atoms with Crippen LogP contribution in [0.2, 0.25) is 0 Å². The van der Waals surface area contributed by atoms with E-state index in [1.807, 2.05) is 11.0 Å². The van der Waals surface area contributed by atoms with E-state index >= 15 is 0 Å². The first-order chi connectivity index (χ1) is 14.3. The molecule has 1 unspecified atom stereocenters. The van der Waals surface area contributed by atoms with E-state index in [0.717, 1.165) is 18.1 Å². The van der Waals surface area contributed by atoms with E-state index in [0.29, 0.717) is 31.3 Å². The zero-order valence-electron chi connectivity index (χ0n) is 16.8. The predicted molar refractivity (Wildman–Crippen MR) is 113 cm³/mol. The molecule has 162 valence electrons. The molecule has 7 nitrogen and oxygen atoms in total. The Hall–Kier alpha value is -2.72. The van der Waals surface area contributed by atoms with Crippen molar-refractivity contribution in [2.45, 2.75) is 23.9 Å². The summed E-state index contributed by atoms with van der Waals surface area (Å²) >= 11 is 0. The first kappa shape index (κ1) is 22.0. The molecule has 1 aliphatic rings. The molecule has 10 heteroatoms. The molecule has 1 fully saturated rings. The van der Waals surface area contributed by atoms with Crippen LogP contribution in [0.3, 0.4) is 0 Å². The van der Waals surface area contributed by atoms with E-state index in [2.05, 4.69) is 20.3 Å². The minimum absolute atomic E-state index is 0.0386. The van der Waals surface area contributed by atoms with E-state index in [4.69, 9.17) is 0 Å². The van der Waals surface area contributed by atoms with Gasteiger partial charge in [-0.3, -0.25) is 4.99 Å². The van der Waals surface area contributed by atoms with Crippen LogP contribution >= 0.6 is 0 Å². The maximum Gasteiger partial charge on any atom is 0.240 e. The molecule has 0 saturated carbocycles. The largest absolute Gasteiger partial charge is 0.367 e. The van der Waals surface area contributed by atoms with Crippen molar-refractivity contribution in [2.75, 3.05) is 32.1 Å². The summed E-state index contributed by atoms with van der Waals surface area (Å²) in [6.07, 6.45) is 0.771. The highest BCUT2D eigenvalue weighted by molar-refractivity contribution is 7.89. The average Bonchev–Trinajstić information content (AvgIpc) is 3.19. The van der Waals surface area contributed by atoms with Crippen LogP contribution < -0.4 is 20.3 Å². The molecule has 1 heterocycles. The number of nitrogens with one attached hydrogen (secondary N) is 3. The fourth-order valence-corrected chi connectivity index (χ4v) is 4.15. The van der Waals surface area contributed by atoms with Gasteiger partial charge in [0.15, 0.2) is 5.96 Å². The van der Waals surface area contributed by atoms with Crippen LogP contribution in [0.15, 0.2) is 52.4 Å². The van der Waals surface area contributed by atoms with Crippen molar-refractivity contribution < 1.29 is 17.2 Å². The van der Waals surface area contributed by atoms with Gasteiger partial charge in [0, 0.05) is 38.8 Å². The van der Waals surface area contributed by atoms with Crippen LogP contribution in [0.25, 0.3) is 0 Å². The van der Waals surface area contributed by atoms with Gasteiger partial charge < -0.3 is 15.5 Å². The molecule has 2 aromatic carbocycles. The lowest BCUT2D eigenvalue weighted by Gasteiger charge is -2.21. The Morgan fingerprint density at radius 3 is 2.73 bits per heavy atom. The van der Waals surface area contributed by atoms with E-state index in [1.54, 1.807) is 19.2 Å². The Bertz CT molecular complexity index is 1030. The Morgan fingerprint density at radius 2 is 2.03 bits per heavy atom. The number of anilines is 1. The van der Waals surface area contributed by atoms with Crippen molar-refractivity contribution in [3.8, 4) is 0 Å². The van der Waals surface area contributed by atoms with Crippen LogP contribution in [0, 0.1) is 11.6 Å². The van der Waals surface area contributed by atoms with Gasteiger partial charge in [0.25, 0.3) is 0 Å². The lowest BCUT2D eigenvalue weighted by molar-refractivity contribution is 0.580. The van der Waals surface area contributed by atoms with Crippen LogP contribution in [0.1, 0.15) is 12.0 Å². The van der Waals surface area contributed by atoms with Gasteiger partial charge >= 0.3 is 0 Å². The predicted octanol–water partition coefficient (Wildman–Crippen LogP) is 1.82. The second kappa shape index (κ2) is 9.40. The maximum atomic E-state index is 14.0. The van der Waals surface area contributed by atoms with Gasteiger partial charge in [-0.15, -0.1) is 0 Å². The van der Waals surface area contributed by atoms with Gasteiger partial charge in [0.2, 0.25) is 10.0 Å². The van der Waals surface area contributed by atoms with Gasteiger partial charge in [-0.05, 0) is 43.3 Å². The lowest BCUT2D eigenvalue weighted by Crippen LogP contribution is -2.44. The van der Waals surface area contributed by atoms with Gasteiger partial charge in [-0.25, -0.2) is 21.9 Å². The van der Waals surface area contributed by atoms with Gasteiger partial charge in [-0.2, -0.15) is 0 Å². The number of halogens is 2. The standard InChI is InChI=1S/C20H25F2N5O2S/c1-23-20(25-12-14-4-3-5-17(10-14)30(28,29)24-2)26-16-8-9-27(13-16)19-7-6-15(21)11-18(19)22/h3-7,10-11,16,24H,8-9,12-13H2,1-2H3,(H2,23,25,26). The minimum atomic E-state index is -3.51. The summed E-state index contributed by atoms with van der Waals surface area (Å²) in [6.45, 7) is 1.58. The van der Waals surface area contributed by atoms with Crippen LogP contribution in [-0.2, 0) is 16.6 Å². The molecule has 1 atom stereocenters. The molecule has 0 bridgehead atoms. The van der Waals surface area contributed by atoms with E-state index < -0.39 is 21.7 Å². The Kier molecular flexibility index (Phi) is 6.88. The molecular weight excluding hydrogens is 412 g/mol. The van der Waals surface area contributed by atoms with E-state index in [-0.39, 0.29) is 10.9 Å². The smallest absolute Gasteiger partial charge is 0.240 e.